The van der Waals surface area contributed by atoms with Gasteiger partial charge in [-0.1, -0.05) is 18.6 Å². The predicted octanol–water partition coefficient (Wildman–Crippen LogP) is 2.99. The van der Waals surface area contributed by atoms with Crippen LogP contribution in [0.25, 0.3) is 10.8 Å². The van der Waals surface area contributed by atoms with Gasteiger partial charge in [-0.3, -0.25) is 0 Å². The maximum Gasteiger partial charge on any atom is 0.330 e. The molecule has 0 aliphatic heterocycles. The molecule has 23 heavy (non-hydrogen) atoms. The Morgan fingerprint density at radius 2 is 1.91 bits per heavy atom. The molecule has 3 rings (SSSR count). The fourth-order valence-electron chi connectivity index (χ4n) is 3.36. The molecular formula is C18H21NO4. The van der Waals surface area contributed by atoms with E-state index in [0.29, 0.717) is 6.42 Å². The predicted molar refractivity (Wildman–Crippen MR) is 87.3 cm³/mol. The molecule has 0 aromatic heterocycles. The van der Waals surface area contributed by atoms with Gasteiger partial charge in [0.15, 0.2) is 0 Å². The van der Waals surface area contributed by atoms with E-state index in [9.17, 15) is 4.79 Å². The van der Waals surface area contributed by atoms with Crippen LogP contribution in [-0.2, 0) is 16.1 Å². The van der Waals surface area contributed by atoms with Crippen molar-refractivity contribution < 1.29 is 19.1 Å². The van der Waals surface area contributed by atoms with Crippen LogP contribution in [0.3, 0.4) is 0 Å². The molecule has 2 aromatic rings. The Bertz CT molecular complexity index is 732. The highest BCUT2D eigenvalue weighted by Crippen LogP contribution is 2.47. The standard InChI is InChI=1S/C18H21NO4/c1-21-13-6-4-12-5-7-16(22-2)15(14(12)10-13)11-18(8-3-9-18)17(20)23-19/h4-7,10H,3,8-9,11,19H2,1-2H3. The third kappa shape index (κ3) is 2.61. The van der Waals surface area contributed by atoms with Crippen LogP contribution in [0.2, 0.25) is 0 Å². The van der Waals surface area contributed by atoms with Crippen molar-refractivity contribution in [2.24, 2.45) is 11.3 Å². The number of rotatable bonds is 5. The second-order valence-electron chi connectivity index (χ2n) is 6.05. The Labute approximate surface area is 135 Å². The zero-order valence-corrected chi connectivity index (χ0v) is 13.4. The van der Waals surface area contributed by atoms with Crippen molar-refractivity contribution in [3.8, 4) is 11.5 Å². The minimum absolute atomic E-state index is 0.342. The van der Waals surface area contributed by atoms with Gasteiger partial charge >= 0.3 is 5.97 Å². The molecule has 1 aliphatic rings. The van der Waals surface area contributed by atoms with Crippen molar-refractivity contribution in [1.82, 2.24) is 0 Å². The first-order valence-corrected chi connectivity index (χ1v) is 7.68. The largest absolute Gasteiger partial charge is 0.497 e. The summed E-state index contributed by atoms with van der Waals surface area (Å²) >= 11 is 0. The Balaban J connectivity index is 2.12. The molecular weight excluding hydrogens is 294 g/mol. The summed E-state index contributed by atoms with van der Waals surface area (Å²) in [6, 6.07) is 9.85. The van der Waals surface area contributed by atoms with Gasteiger partial charge in [-0.05, 0) is 48.2 Å². The molecule has 0 saturated heterocycles. The fourth-order valence-corrected chi connectivity index (χ4v) is 3.36. The van der Waals surface area contributed by atoms with Crippen LogP contribution < -0.4 is 15.4 Å². The summed E-state index contributed by atoms with van der Waals surface area (Å²) in [6.07, 6.45) is 3.13. The van der Waals surface area contributed by atoms with E-state index in [-0.39, 0.29) is 5.97 Å². The van der Waals surface area contributed by atoms with Crippen LogP contribution in [0, 0.1) is 5.41 Å². The Morgan fingerprint density at radius 3 is 2.48 bits per heavy atom. The first-order valence-electron chi connectivity index (χ1n) is 7.68. The van der Waals surface area contributed by atoms with Gasteiger partial charge in [0.2, 0.25) is 0 Å². The first-order chi connectivity index (χ1) is 11.1. The molecule has 0 radical (unpaired) electrons. The minimum Gasteiger partial charge on any atom is -0.497 e. The number of hydrogen-bond donors (Lipinski definition) is 1. The second kappa shape index (κ2) is 6.08. The summed E-state index contributed by atoms with van der Waals surface area (Å²) in [5.41, 5.74) is 0.452. The third-order valence-corrected chi connectivity index (χ3v) is 4.88. The van der Waals surface area contributed by atoms with E-state index >= 15 is 0 Å². The lowest BCUT2D eigenvalue weighted by molar-refractivity contribution is -0.162. The Morgan fingerprint density at radius 1 is 1.17 bits per heavy atom. The lowest BCUT2D eigenvalue weighted by Gasteiger charge is -2.39. The number of carbonyl (C=O) groups excluding carboxylic acids is 1. The number of benzene rings is 2. The zero-order valence-electron chi connectivity index (χ0n) is 13.4. The van der Waals surface area contributed by atoms with Gasteiger partial charge in [-0.15, -0.1) is 0 Å². The van der Waals surface area contributed by atoms with Crippen molar-refractivity contribution >= 4 is 16.7 Å². The van der Waals surface area contributed by atoms with Crippen LogP contribution in [0.4, 0.5) is 0 Å². The third-order valence-electron chi connectivity index (χ3n) is 4.88. The molecule has 0 spiro atoms. The maximum atomic E-state index is 12.2. The van der Waals surface area contributed by atoms with E-state index in [0.717, 1.165) is 47.1 Å². The van der Waals surface area contributed by atoms with Gasteiger partial charge < -0.3 is 14.3 Å². The number of hydrogen-bond acceptors (Lipinski definition) is 5. The molecule has 0 bridgehead atoms. The zero-order chi connectivity index (χ0) is 16.4. The molecule has 122 valence electrons. The van der Waals surface area contributed by atoms with Crippen LogP contribution in [0.15, 0.2) is 30.3 Å². The SMILES string of the molecule is COc1ccc2ccc(OC)c(CC3(C(=O)ON)CCC3)c2c1. The minimum atomic E-state index is -0.542. The average molecular weight is 315 g/mol. The molecule has 0 atom stereocenters. The van der Waals surface area contributed by atoms with E-state index in [1.165, 1.54) is 0 Å². The summed E-state index contributed by atoms with van der Waals surface area (Å²) in [4.78, 5) is 16.7. The Hall–Kier alpha value is -2.27. The van der Waals surface area contributed by atoms with Crippen molar-refractivity contribution in [1.29, 1.82) is 0 Å². The van der Waals surface area contributed by atoms with E-state index in [2.05, 4.69) is 4.84 Å². The number of ether oxygens (including phenoxy) is 2. The molecule has 2 aromatic carbocycles. The summed E-state index contributed by atoms with van der Waals surface area (Å²) in [7, 11) is 3.28. The van der Waals surface area contributed by atoms with Gasteiger partial charge in [0.25, 0.3) is 0 Å². The number of nitrogens with two attached hydrogens (primary N) is 1. The van der Waals surface area contributed by atoms with Crippen LogP contribution in [0.5, 0.6) is 11.5 Å². The Kier molecular flexibility index (Phi) is 4.13. The van der Waals surface area contributed by atoms with Crippen molar-refractivity contribution in [3.05, 3.63) is 35.9 Å². The van der Waals surface area contributed by atoms with Gasteiger partial charge in [0.05, 0.1) is 19.6 Å². The quantitative estimate of drug-likeness (QED) is 0.859. The smallest absolute Gasteiger partial charge is 0.330 e. The van der Waals surface area contributed by atoms with Crippen molar-refractivity contribution in [3.63, 3.8) is 0 Å². The van der Waals surface area contributed by atoms with E-state index < -0.39 is 5.41 Å². The van der Waals surface area contributed by atoms with Gasteiger partial charge in [-0.2, -0.15) is 5.90 Å². The maximum absolute atomic E-state index is 12.2. The molecule has 0 heterocycles. The number of methoxy groups -OCH3 is 2. The molecule has 5 nitrogen and oxygen atoms in total. The molecule has 5 heteroatoms. The number of fused-ring (bicyclic) bond motifs is 1. The average Bonchev–Trinajstić information content (AvgIpc) is 2.56. The van der Waals surface area contributed by atoms with Crippen LogP contribution >= 0.6 is 0 Å². The van der Waals surface area contributed by atoms with Crippen molar-refractivity contribution in [2.75, 3.05) is 14.2 Å². The van der Waals surface area contributed by atoms with Crippen LogP contribution in [-0.4, -0.2) is 20.2 Å². The molecule has 1 fully saturated rings. The highest BCUT2D eigenvalue weighted by atomic mass is 16.7. The molecule has 0 unspecified atom stereocenters. The summed E-state index contributed by atoms with van der Waals surface area (Å²) in [5, 5.41) is 2.11. The summed E-state index contributed by atoms with van der Waals surface area (Å²) < 4.78 is 10.9. The first kappa shape index (κ1) is 15.6. The number of carbonyl (C=O) groups is 1. The summed E-state index contributed by atoms with van der Waals surface area (Å²) in [5.74, 6) is 6.35. The fraction of sp³-hybridized carbons (Fsp3) is 0.389. The molecule has 0 amide bonds. The molecule has 1 aliphatic carbocycles. The lowest BCUT2D eigenvalue weighted by atomic mass is 9.65. The normalized spacial score (nSPS) is 15.8. The van der Waals surface area contributed by atoms with E-state index in [1.54, 1.807) is 14.2 Å². The molecule has 2 N–H and O–H groups in total. The van der Waals surface area contributed by atoms with Gasteiger partial charge in [0, 0.05) is 5.56 Å². The van der Waals surface area contributed by atoms with Crippen molar-refractivity contribution in [2.45, 2.75) is 25.7 Å². The van der Waals surface area contributed by atoms with Gasteiger partial charge in [0.1, 0.15) is 11.5 Å². The highest BCUT2D eigenvalue weighted by Gasteiger charge is 2.46. The van der Waals surface area contributed by atoms with E-state index in [1.807, 2.05) is 30.3 Å². The lowest BCUT2D eigenvalue weighted by Crippen LogP contribution is -2.42. The summed E-state index contributed by atoms with van der Waals surface area (Å²) in [6.45, 7) is 0. The van der Waals surface area contributed by atoms with E-state index in [4.69, 9.17) is 15.4 Å². The topological polar surface area (TPSA) is 70.8 Å². The molecule has 1 saturated carbocycles. The monoisotopic (exact) mass is 315 g/mol. The van der Waals surface area contributed by atoms with Gasteiger partial charge in [-0.25, -0.2) is 4.79 Å². The highest BCUT2D eigenvalue weighted by molar-refractivity contribution is 5.90. The van der Waals surface area contributed by atoms with Crippen LogP contribution in [0.1, 0.15) is 24.8 Å². The second-order valence-corrected chi connectivity index (χ2v) is 6.05.